The Morgan fingerprint density at radius 1 is 1.20 bits per heavy atom. The molecule has 0 spiro atoms. The Kier molecular flexibility index (Phi) is 3.44. The van der Waals surface area contributed by atoms with Crippen molar-refractivity contribution in [3.05, 3.63) is 29.8 Å². The number of ether oxygens (including phenoxy) is 1. The van der Waals surface area contributed by atoms with Gasteiger partial charge in [0.15, 0.2) is 5.78 Å². The number of carbonyl (C=O) groups excluding carboxylic acids is 2. The molecule has 0 radical (unpaired) electrons. The molecule has 3 unspecified atom stereocenters. The van der Waals surface area contributed by atoms with E-state index in [1.54, 1.807) is 24.3 Å². The van der Waals surface area contributed by atoms with Crippen LogP contribution in [0, 0.1) is 0 Å². The van der Waals surface area contributed by atoms with E-state index in [9.17, 15) is 9.59 Å². The third kappa shape index (κ3) is 2.67. The Morgan fingerprint density at radius 2 is 1.95 bits per heavy atom. The summed E-state index contributed by atoms with van der Waals surface area (Å²) < 4.78 is 5.70. The van der Waals surface area contributed by atoms with E-state index in [4.69, 9.17) is 4.74 Å². The molecule has 1 aromatic carbocycles. The number of hydrogen-bond donors (Lipinski definition) is 2. The fourth-order valence-corrected chi connectivity index (χ4v) is 2.91. The number of ketones is 1. The second-order valence-electron chi connectivity index (χ2n) is 5.45. The van der Waals surface area contributed by atoms with Crippen molar-refractivity contribution in [2.45, 2.75) is 44.4 Å². The van der Waals surface area contributed by atoms with Crippen LogP contribution in [0.25, 0.3) is 0 Å². The predicted molar refractivity (Wildman–Crippen MR) is 74.9 cm³/mol. The smallest absolute Gasteiger partial charge is 0.319 e. The monoisotopic (exact) mass is 274 g/mol. The van der Waals surface area contributed by atoms with Gasteiger partial charge in [-0.3, -0.25) is 4.79 Å². The molecule has 2 amide bonds. The summed E-state index contributed by atoms with van der Waals surface area (Å²) in [5.41, 5.74) is 1.31. The minimum Gasteiger partial charge on any atom is -0.373 e. The van der Waals surface area contributed by atoms with Gasteiger partial charge < -0.3 is 15.4 Å². The lowest BCUT2D eigenvalue weighted by molar-refractivity contribution is 0.0983. The molecule has 0 aromatic heterocycles. The summed E-state index contributed by atoms with van der Waals surface area (Å²) in [5.74, 6) is 0.0140. The van der Waals surface area contributed by atoms with Crippen LogP contribution in [-0.4, -0.2) is 30.1 Å². The number of carbonyl (C=O) groups is 2. The molecule has 2 aliphatic heterocycles. The van der Waals surface area contributed by atoms with Gasteiger partial charge in [0, 0.05) is 11.3 Å². The topological polar surface area (TPSA) is 67.4 Å². The Balaban J connectivity index is 1.55. The average Bonchev–Trinajstić information content (AvgIpc) is 3.01. The molecule has 2 heterocycles. The van der Waals surface area contributed by atoms with Gasteiger partial charge >= 0.3 is 6.03 Å². The number of benzene rings is 1. The minimum atomic E-state index is -0.221. The van der Waals surface area contributed by atoms with Gasteiger partial charge in [-0.05, 0) is 50.5 Å². The summed E-state index contributed by atoms with van der Waals surface area (Å²) in [7, 11) is 0. The zero-order valence-electron chi connectivity index (χ0n) is 11.4. The Hall–Kier alpha value is -1.88. The molecule has 5 nitrogen and oxygen atoms in total. The van der Waals surface area contributed by atoms with Crippen molar-refractivity contribution in [3.8, 4) is 0 Å². The van der Waals surface area contributed by atoms with Gasteiger partial charge in [-0.1, -0.05) is 0 Å². The highest BCUT2D eigenvalue weighted by Crippen LogP contribution is 2.34. The quantitative estimate of drug-likeness (QED) is 0.831. The van der Waals surface area contributed by atoms with E-state index in [1.165, 1.54) is 6.92 Å². The van der Waals surface area contributed by atoms with Crippen molar-refractivity contribution < 1.29 is 14.3 Å². The second kappa shape index (κ2) is 5.25. The zero-order chi connectivity index (χ0) is 14.1. The molecule has 2 saturated heterocycles. The van der Waals surface area contributed by atoms with Crippen molar-refractivity contribution in [2.75, 3.05) is 5.32 Å². The molecule has 106 valence electrons. The van der Waals surface area contributed by atoms with Crippen molar-refractivity contribution in [1.82, 2.24) is 5.32 Å². The molecule has 20 heavy (non-hydrogen) atoms. The highest BCUT2D eigenvalue weighted by molar-refractivity contribution is 5.95. The third-order valence-electron chi connectivity index (χ3n) is 3.97. The molecule has 2 fully saturated rings. The van der Waals surface area contributed by atoms with Crippen LogP contribution in [0.4, 0.5) is 10.5 Å². The van der Waals surface area contributed by atoms with E-state index >= 15 is 0 Å². The largest absolute Gasteiger partial charge is 0.373 e. The number of rotatable bonds is 3. The molecule has 2 bridgehead atoms. The highest BCUT2D eigenvalue weighted by atomic mass is 16.5. The first-order valence-corrected chi connectivity index (χ1v) is 6.96. The number of anilines is 1. The van der Waals surface area contributed by atoms with Gasteiger partial charge in [-0.25, -0.2) is 4.79 Å². The lowest BCUT2D eigenvalue weighted by Crippen LogP contribution is -2.43. The number of urea groups is 1. The summed E-state index contributed by atoms with van der Waals surface area (Å²) >= 11 is 0. The Morgan fingerprint density at radius 3 is 2.50 bits per heavy atom. The first kappa shape index (κ1) is 13.1. The van der Waals surface area contributed by atoms with Crippen molar-refractivity contribution in [2.24, 2.45) is 0 Å². The first-order chi connectivity index (χ1) is 9.61. The fourth-order valence-electron chi connectivity index (χ4n) is 2.91. The summed E-state index contributed by atoms with van der Waals surface area (Å²) in [6, 6.07) is 6.77. The highest BCUT2D eigenvalue weighted by Gasteiger charge is 2.41. The van der Waals surface area contributed by atoms with Gasteiger partial charge in [-0.15, -0.1) is 0 Å². The van der Waals surface area contributed by atoms with Crippen molar-refractivity contribution in [3.63, 3.8) is 0 Å². The molecular weight excluding hydrogens is 256 g/mol. The average molecular weight is 274 g/mol. The van der Waals surface area contributed by atoms with Crippen LogP contribution in [0.3, 0.4) is 0 Å². The summed E-state index contributed by atoms with van der Waals surface area (Å²) in [4.78, 5) is 23.1. The maximum atomic E-state index is 11.9. The molecule has 3 atom stereocenters. The van der Waals surface area contributed by atoms with Crippen LogP contribution in [0.15, 0.2) is 24.3 Å². The maximum Gasteiger partial charge on any atom is 0.319 e. The van der Waals surface area contributed by atoms with Gasteiger partial charge in [-0.2, -0.15) is 0 Å². The number of fused-ring (bicyclic) bond motifs is 2. The molecule has 0 saturated carbocycles. The summed E-state index contributed by atoms with van der Waals surface area (Å²) in [6.07, 6.45) is 3.53. The van der Waals surface area contributed by atoms with Crippen molar-refractivity contribution >= 4 is 17.5 Å². The summed E-state index contributed by atoms with van der Waals surface area (Å²) in [6.45, 7) is 1.52. The van der Waals surface area contributed by atoms with E-state index in [0.717, 1.165) is 19.3 Å². The van der Waals surface area contributed by atoms with E-state index in [1.807, 2.05) is 0 Å². The Labute approximate surface area is 117 Å². The van der Waals surface area contributed by atoms with Crippen LogP contribution in [0.5, 0.6) is 0 Å². The SMILES string of the molecule is CC(=O)c1ccc(NC(=O)NC2CC3CCC2O3)cc1. The Bertz CT molecular complexity index is 526. The maximum absolute atomic E-state index is 11.9. The van der Waals surface area contributed by atoms with Gasteiger partial charge in [0.2, 0.25) is 0 Å². The number of nitrogens with one attached hydrogen (secondary N) is 2. The van der Waals surface area contributed by atoms with Crippen LogP contribution >= 0.6 is 0 Å². The number of hydrogen-bond acceptors (Lipinski definition) is 3. The number of amides is 2. The molecule has 0 aliphatic carbocycles. The lowest BCUT2D eigenvalue weighted by atomic mass is 9.96. The lowest BCUT2D eigenvalue weighted by Gasteiger charge is -2.20. The summed E-state index contributed by atoms with van der Waals surface area (Å²) in [5, 5.41) is 5.73. The number of Topliss-reactive ketones (excluding diaryl/α,β-unsaturated/α-hetero) is 1. The van der Waals surface area contributed by atoms with E-state index in [0.29, 0.717) is 17.4 Å². The molecular formula is C15H18N2O3. The minimum absolute atomic E-state index is 0.0140. The van der Waals surface area contributed by atoms with Crippen LogP contribution in [0.1, 0.15) is 36.5 Å². The van der Waals surface area contributed by atoms with Gasteiger partial charge in [0.25, 0.3) is 0 Å². The molecule has 1 aromatic rings. The van der Waals surface area contributed by atoms with E-state index in [-0.39, 0.29) is 24.0 Å². The fraction of sp³-hybridized carbons (Fsp3) is 0.467. The zero-order valence-corrected chi connectivity index (χ0v) is 11.4. The van der Waals surface area contributed by atoms with E-state index < -0.39 is 0 Å². The normalized spacial score (nSPS) is 27.4. The van der Waals surface area contributed by atoms with Crippen molar-refractivity contribution in [1.29, 1.82) is 0 Å². The van der Waals surface area contributed by atoms with Crippen LogP contribution in [-0.2, 0) is 4.74 Å². The van der Waals surface area contributed by atoms with Gasteiger partial charge in [0.1, 0.15) is 0 Å². The second-order valence-corrected chi connectivity index (χ2v) is 5.45. The molecule has 5 heteroatoms. The van der Waals surface area contributed by atoms with E-state index in [2.05, 4.69) is 10.6 Å². The standard InChI is InChI=1S/C15H18N2O3/c1-9(18)10-2-4-11(5-3-10)16-15(19)17-13-8-12-6-7-14(13)20-12/h2-5,12-14H,6-8H2,1H3,(H2,16,17,19). The van der Waals surface area contributed by atoms with Crippen LogP contribution in [0.2, 0.25) is 0 Å². The third-order valence-corrected chi connectivity index (χ3v) is 3.97. The molecule has 2 N–H and O–H groups in total. The predicted octanol–water partition coefficient (Wildman–Crippen LogP) is 2.33. The first-order valence-electron chi connectivity index (χ1n) is 6.96. The van der Waals surface area contributed by atoms with Crippen LogP contribution < -0.4 is 10.6 Å². The van der Waals surface area contributed by atoms with Gasteiger partial charge in [0.05, 0.1) is 18.2 Å². The molecule has 2 aliphatic rings. The molecule has 3 rings (SSSR count).